The Hall–Kier alpha value is -3.60. The first-order valence-corrected chi connectivity index (χ1v) is 13.1. The second kappa shape index (κ2) is 11.9. The van der Waals surface area contributed by atoms with Crippen molar-refractivity contribution in [1.82, 2.24) is 10.2 Å². The van der Waals surface area contributed by atoms with Crippen molar-refractivity contribution < 1.29 is 29.0 Å². The predicted molar refractivity (Wildman–Crippen MR) is 158 cm³/mol. The van der Waals surface area contributed by atoms with E-state index >= 15 is 0 Å². The second-order valence-electron chi connectivity index (χ2n) is 10.8. The Balaban J connectivity index is 0.00000441. The molecule has 1 atom stereocenters. The minimum Gasteiger partial charge on any atom is -0.493 e. The summed E-state index contributed by atoms with van der Waals surface area (Å²) in [5.74, 6) is -0.271. The summed E-state index contributed by atoms with van der Waals surface area (Å²) in [6.45, 7) is 10.9. The van der Waals surface area contributed by atoms with Gasteiger partial charge in [0.05, 0.1) is 30.9 Å². The van der Waals surface area contributed by atoms with E-state index in [1.165, 1.54) is 7.05 Å². The van der Waals surface area contributed by atoms with Crippen LogP contribution in [0.2, 0.25) is 0 Å². The molecule has 0 radical (unpaired) electrons. The van der Waals surface area contributed by atoms with Crippen molar-refractivity contribution >= 4 is 46.2 Å². The number of carboxylic acids is 1. The highest BCUT2D eigenvalue weighted by Crippen LogP contribution is 2.43. The highest BCUT2D eigenvalue weighted by atomic mass is 79.9. The topological polar surface area (TPSA) is 132 Å². The maximum atomic E-state index is 13.7. The van der Waals surface area contributed by atoms with E-state index in [-0.39, 0.29) is 46.5 Å². The van der Waals surface area contributed by atoms with Crippen molar-refractivity contribution in [2.75, 3.05) is 38.3 Å². The molecule has 216 valence electrons. The molecule has 2 heterocycles. The highest BCUT2D eigenvalue weighted by Gasteiger charge is 2.34. The van der Waals surface area contributed by atoms with Crippen LogP contribution in [0.3, 0.4) is 0 Å². The van der Waals surface area contributed by atoms with Gasteiger partial charge in [0, 0.05) is 30.3 Å². The van der Waals surface area contributed by atoms with Crippen LogP contribution in [0.4, 0.5) is 5.69 Å². The molecule has 4 rings (SSSR count). The number of nitrogens with one attached hydrogen (secondary N) is 2. The molecule has 0 spiro atoms. The first kappa shape index (κ1) is 30.9. The number of benzene rings is 2. The van der Waals surface area contributed by atoms with Crippen LogP contribution in [0.15, 0.2) is 24.3 Å². The van der Waals surface area contributed by atoms with E-state index in [4.69, 9.17) is 14.9 Å². The number of hydrogen-bond acceptors (Lipinski definition) is 7. The van der Waals surface area contributed by atoms with Gasteiger partial charge in [-0.05, 0) is 49.1 Å². The molecule has 0 aliphatic carbocycles. The quantitative estimate of drug-likeness (QED) is 0.379. The van der Waals surface area contributed by atoms with Crippen LogP contribution < -0.4 is 19.7 Å². The molecule has 1 amide bonds. The Morgan fingerprint density at radius 3 is 2.50 bits per heavy atom. The van der Waals surface area contributed by atoms with Gasteiger partial charge in [0.15, 0.2) is 5.78 Å². The summed E-state index contributed by atoms with van der Waals surface area (Å²) >= 11 is 0. The molecular formula is C29H37BrN4O6. The van der Waals surface area contributed by atoms with E-state index in [2.05, 4.69) is 5.32 Å². The fourth-order valence-electron chi connectivity index (χ4n) is 5.01. The highest BCUT2D eigenvalue weighted by molar-refractivity contribution is 8.93. The van der Waals surface area contributed by atoms with Gasteiger partial charge in [-0.25, -0.2) is 4.79 Å². The standard InChI is InChI=1S/C29H36N4O6.BrH/c1-7-38-24-12-18-14-32(26(30)19(18)13-20(24)27(35)31-6)15-23(34)17-10-21(29(3,4)5)25-22(11-17)33(8-9-39-25)16(2)28(36)37;/h10-13,16,30H,7-9,14-15H2,1-6H3,(H,31,35)(H,36,37);1H. The van der Waals surface area contributed by atoms with E-state index in [1.54, 1.807) is 34.9 Å². The Morgan fingerprint density at radius 2 is 1.90 bits per heavy atom. The molecule has 0 saturated heterocycles. The molecule has 0 aromatic heterocycles. The van der Waals surface area contributed by atoms with E-state index in [9.17, 15) is 19.5 Å². The first-order valence-electron chi connectivity index (χ1n) is 13.1. The molecule has 0 saturated carbocycles. The van der Waals surface area contributed by atoms with Crippen molar-refractivity contribution in [3.63, 3.8) is 0 Å². The third kappa shape index (κ3) is 5.79. The number of hydrogen-bond donors (Lipinski definition) is 3. The van der Waals surface area contributed by atoms with Crippen LogP contribution >= 0.6 is 17.0 Å². The number of ether oxygens (including phenoxy) is 2. The van der Waals surface area contributed by atoms with Crippen LogP contribution in [0.5, 0.6) is 11.5 Å². The number of fused-ring (bicyclic) bond motifs is 2. The lowest BCUT2D eigenvalue weighted by atomic mass is 9.84. The van der Waals surface area contributed by atoms with Gasteiger partial charge in [-0.15, -0.1) is 17.0 Å². The van der Waals surface area contributed by atoms with Gasteiger partial charge in [-0.3, -0.25) is 15.0 Å². The number of carboxylic acid groups (broad SMARTS) is 1. The summed E-state index contributed by atoms with van der Waals surface area (Å²) in [5, 5.41) is 21.0. The lowest BCUT2D eigenvalue weighted by molar-refractivity contribution is -0.138. The smallest absolute Gasteiger partial charge is 0.326 e. The van der Waals surface area contributed by atoms with E-state index < -0.39 is 12.0 Å². The molecule has 2 aliphatic heterocycles. The summed E-state index contributed by atoms with van der Waals surface area (Å²) in [4.78, 5) is 41.3. The fraction of sp³-hybridized carbons (Fsp3) is 0.448. The van der Waals surface area contributed by atoms with Crippen LogP contribution in [-0.4, -0.2) is 72.9 Å². The van der Waals surface area contributed by atoms with Gasteiger partial charge in [0.1, 0.15) is 30.0 Å². The number of anilines is 1. The normalized spacial score (nSPS) is 14.9. The first-order chi connectivity index (χ1) is 18.4. The van der Waals surface area contributed by atoms with E-state index in [0.29, 0.717) is 60.2 Å². The van der Waals surface area contributed by atoms with Crippen molar-refractivity contribution in [3.8, 4) is 11.5 Å². The molecular weight excluding hydrogens is 580 g/mol. The lowest BCUT2D eigenvalue weighted by Crippen LogP contribution is -2.44. The van der Waals surface area contributed by atoms with Gasteiger partial charge in [-0.1, -0.05) is 20.8 Å². The monoisotopic (exact) mass is 616 g/mol. The summed E-state index contributed by atoms with van der Waals surface area (Å²) in [6.07, 6.45) is 0. The van der Waals surface area contributed by atoms with Gasteiger partial charge < -0.3 is 29.7 Å². The molecule has 2 aromatic carbocycles. The molecule has 40 heavy (non-hydrogen) atoms. The number of carbonyl (C=O) groups is 3. The molecule has 1 unspecified atom stereocenters. The number of ketones is 1. The van der Waals surface area contributed by atoms with Gasteiger partial charge in [-0.2, -0.15) is 0 Å². The van der Waals surface area contributed by atoms with Gasteiger partial charge in [0.25, 0.3) is 5.91 Å². The molecule has 0 fully saturated rings. The zero-order valence-corrected chi connectivity index (χ0v) is 25.4. The molecule has 10 nitrogen and oxygen atoms in total. The summed E-state index contributed by atoms with van der Waals surface area (Å²) < 4.78 is 11.7. The van der Waals surface area contributed by atoms with E-state index in [0.717, 1.165) is 11.1 Å². The van der Waals surface area contributed by atoms with E-state index in [1.807, 2.05) is 33.8 Å². The van der Waals surface area contributed by atoms with Crippen LogP contribution in [0.1, 0.15) is 72.0 Å². The zero-order chi connectivity index (χ0) is 28.6. The number of nitrogens with zero attached hydrogens (tertiary/aromatic N) is 2. The number of rotatable bonds is 8. The third-order valence-corrected chi connectivity index (χ3v) is 7.16. The maximum Gasteiger partial charge on any atom is 0.326 e. The fourth-order valence-corrected chi connectivity index (χ4v) is 5.01. The van der Waals surface area contributed by atoms with Gasteiger partial charge in [0.2, 0.25) is 0 Å². The number of aliphatic carboxylic acids is 1. The Kier molecular flexibility index (Phi) is 9.18. The van der Waals surface area contributed by atoms with Crippen molar-refractivity contribution in [2.45, 2.75) is 52.6 Å². The molecule has 0 bridgehead atoms. The number of amides is 1. The van der Waals surface area contributed by atoms with Crippen LogP contribution in [0.25, 0.3) is 0 Å². The zero-order valence-electron chi connectivity index (χ0n) is 23.7. The Labute approximate surface area is 244 Å². The third-order valence-electron chi connectivity index (χ3n) is 7.16. The number of amidine groups is 1. The average Bonchev–Trinajstić information content (AvgIpc) is 3.19. The number of Topliss-reactive ketones (excluding diaryl/α,β-unsaturated/α-hetero) is 1. The van der Waals surface area contributed by atoms with Crippen LogP contribution in [0, 0.1) is 5.41 Å². The minimum atomic E-state index is -0.956. The van der Waals surface area contributed by atoms with Crippen molar-refractivity contribution in [2.24, 2.45) is 0 Å². The summed E-state index contributed by atoms with van der Waals surface area (Å²) in [6, 6.07) is 6.14. The van der Waals surface area contributed by atoms with Gasteiger partial charge >= 0.3 is 5.97 Å². The SMILES string of the molecule is Br.CCOc1cc2c(cc1C(=O)NC)C(=N)N(CC(=O)c1cc3c(c(C(C)(C)C)c1)OCCN3C(C)C(=O)O)C2. The molecule has 2 aliphatic rings. The Bertz CT molecular complexity index is 1350. The largest absolute Gasteiger partial charge is 0.493 e. The number of halogens is 1. The molecule has 11 heteroatoms. The summed E-state index contributed by atoms with van der Waals surface area (Å²) in [7, 11) is 1.54. The van der Waals surface area contributed by atoms with Crippen molar-refractivity contribution in [3.05, 3.63) is 52.1 Å². The van der Waals surface area contributed by atoms with Crippen LogP contribution in [-0.2, 0) is 16.8 Å². The van der Waals surface area contributed by atoms with Crippen molar-refractivity contribution in [1.29, 1.82) is 5.41 Å². The molecule has 2 aromatic rings. The number of carbonyl (C=O) groups excluding carboxylic acids is 2. The maximum absolute atomic E-state index is 13.7. The molecule has 3 N–H and O–H groups in total. The minimum absolute atomic E-state index is 0. The predicted octanol–water partition coefficient (Wildman–Crippen LogP) is 4.02. The average molecular weight is 618 g/mol. The Morgan fingerprint density at radius 1 is 1.20 bits per heavy atom. The summed E-state index contributed by atoms with van der Waals surface area (Å²) in [5.41, 5.74) is 3.20. The second-order valence-corrected chi connectivity index (χ2v) is 10.8. The lowest BCUT2D eigenvalue weighted by Gasteiger charge is -2.37.